The van der Waals surface area contributed by atoms with Gasteiger partial charge in [-0.3, -0.25) is 19.4 Å². The van der Waals surface area contributed by atoms with Gasteiger partial charge in [0.05, 0.1) is 5.56 Å². The number of alkyl halides is 3. The fourth-order valence-electron chi connectivity index (χ4n) is 2.70. The van der Waals surface area contributed by atoms with E-state index in [0.29, 0.717) is 5.69 Å². The number of halogens is 3. The minimum atomic E-state index is -4.47. The van der Waals surface area contributed by atoms with E-state index in [-0.39, 0.29) is 16.4 Å². The van der Waals surface area contributed by atoms with E-state index in [0.717, 1.165) is 12.1 Å². The van der Waals surface area contributed by atoms with E-state index in [2.05, 4.69) is 0 Å². The van der Waals surface area contributed by atoms with E-state index in [9.17, 15) is 22.8 Å². The molecule has 3 rings (SSSR count). The van der Waals surface area contributed by atoms with Gasteiger partial charge < -0.3 is 4.57 Å². The van der Waals surface area contributed by atoms with E-state index >= 15 is 0 Å². The Labute approximate surface area is 158 Å². The highest BCUT2D eigenvalue weighted by molar-refractivity contribution is 7.80. The van der Waals surface area contributed by atoms with Crippen LogP contribution >= 0.6 is 12.2 Å². The molecule has 1 fully saturated rings. The van der Waals surface area contributed by atoms with Crippen molar-refractivity contribution in [1.82, 2.24) is 14.4 Å². The monoisotopic (exact) mass is 393 g/mol. The summed E-state index contributed by atoms with van der Waals surface area (Å²) in [6, 6.07) is 7.99. The van der Waals surface area contributed by atoms with Crippen LogP contribution in [0, 0.1) is 0 Å². The second-order valence-electron chi connectivity index (χ2n) is 5.92. The van der Waals surface area contributed by atoms with Gasteiger partial charge in [-0.2, -0.15) is 13.2 Å². The van der Waals surface area contributed by atoms with Gasteiger partial charge >= 0.3 is 6.18 Å². The van der Waals surface area contributed by atoms with Crippen molar-refractivity contribution in [2.24, 2.45) is 0 Å². The Morgan fingerprint density at radius 2 is 1.63 bits per heavy atom. The number of carbonyl (C=O) groups excluding carboxylic acids is 2. The third-order valence-corrected chi connectivity index (χ3v) is 4.72. The molecule has 2 aromatic rings. The van der Waals surface area contributed by atoms with Gasteiger partial charge in [-0.25, -0.2) is 0 Å². The summed E-state index contributed by atoms with van der Waals surface area (Å²) in [6.07, 6.45) is -1.57. The molecule has 0 atom stereocenters. The van der Waals surface area contributed by atoms with Crippen molar-refractivity contribution in [3.63, 3.8) is 0 Å². The first-order valence-corrected chi connectivity index (χ1v) is 8.19. The van der Waals surface area contributed by atoms with E-state index < -0.39 is 23.6 Å². The number of nitrogens with zero attached hydrogens (tertiary/aromatic N) is 3. The van der Waals surface area contributed by atoms with Crippen LogP contribution in [0.4, 0.5) is 13.2 Å². The Morgan fingerprint density at radius 3 is 2.22 bits per heavy atom. The third kappa shape index (κ3) is 3.37. The van der Waals surface area contributed by atoms with Crippen LogP contribution in [0.2, 0.25) is 0 Å². The van der Waals surface area contributed by atoms with Gasteiger partial charge in [-0.05, 0) is 48.6 Å². The minimum absolute atomic E-state index is 0.0791. The summed E-state index contributed by atoms with van der Waals surface area (Å²) in [5, 5.41) is 0.0791. The predicted molar refractivity (Wildman–Crippen MR) is 96.9 cm³/mol. The molecule has 0 bridgehead atoms. The van der Waals surface area contributed by atoms with Crippen molar-refractivity contribution in [3.05, 3.63) is 59.4 Å². The van der Waals surface area contributed by atoms with E-state index in [1.54, 1.807) is 18.3 Å². The Kier molecular flexibility index (Phi) is 4.64. The molecule has 1 saturated heterocycles. The number of amides is 2. The molecule has 27 heavy (non-hydrogen) atoms. The Hall–Kier alpha value is -2.94. The van der Waals surface area contributed by atoms with Crippen LogP contribution in [-0.2, 0) is 15.8 Å². The molecule has 1 aliphatic heterocycles. The van der Waals surface area contributed by atoms with Crippen molar-refractivity contribution in [1.29, 1.82) is 0 Å². The molecule has 0 unspecified atom stereocenters. The molecular weight excluding hydrogens is 379 g/mol. The van der Waals surface area contributed by atoms with Crippen molar-refractivity contribution in [3.8, 4) is 5.69 Å². The topological polar surface area (TPSA) is 45.6 Å². The van der Waals surface area contributed by atoms with Crippen LogP contribution in [0.25, 0.3) is 11.8 Å². The van der Waals surface area contributed by atoms with Crippen LogP contribution in [-0.4, -0.2) is 45.4 Å². The Bertz CT molecular complexity index is 952. The molecule has 0 spiro atoms. The highest BCUT2D eigenvalue weighted by atomic mass is 32.1. The molecule has 1 aromatic heterocycles. The van der Waals surface area contributed by atoms with Crippen molar-refractivity contribution in [2.75, 3.05) is 14.1 Å². The average Bonchev–Trinajstić information content (AvgIpc) is 3.09. The summed E-state index contributed by atoms with van der Waals surface area (Å²) in [5.41, 5.74) is -0.266. The van der Waals surface area contributed by atoms with Crippen LogP contribution in [0.3, 0.4) is 0 Å². The van der Waals surface area contributed by atoms with Gasteiger partial charge in [-0.1, -0.05) is 6.07 Å². The first-order valence-electron chi connectivity index (χ1n) is 7.78. The number of thiocarbonyl (C=S) groups is 1. The van der Waals surface area contributed by atoms with Crippen LogP contribution in [0.15, 0.2) is 48.2 Å². The molecule has 9 heteroatoms. The molecule has 1 aromatic carbocycles. The van der Waals surface area contributed by atoms with Crippen LogP contribution < -0.4 is 0 Å². The summed E-state index contributed by atoms with van der Waals surface area (Å²) in [6.45, 7) is 0. The maximum atomic E-state index is 13.0. The molecule has 2 heterocycles. The number of rotatable bonds is 2. The summed E-state index contributed by atoms with van der Waals surface area (Å²) in [7, 11) is 2.90. The summed E-state index contributed by atoms with van der Waals surface area (Å²) < 4.78 is 40.4. The predicted octanol–water partition coefficient (Wildman–Crippen LogP) is 3.09. The van der Waals surface area contributed by atoms with Crippen LogP contribution in [0.1, 0.15) is 11.3 Å². The molecule has 0 N–H and O–H groups in total. The fraction of sp³-hybridized carbons (Fsp3) is 0.167. The molecule has 5 nitrogen and oxygen atoms in total. The quantitative estimate of drug-likeness (QED) is 0.448. The number of hydrogen-bond acceptors (Lipinski definition) is 3. The van der Waals surface area contributed by atoms with Gasteiger partial charge in [0.2, 0.25) is 0 Å². The fourth-order valence-corrected chi connectivity index (χ4v) is 2.87. The molecule has 2 amide bonds. The average molecular weight is 393 g/mol. The van der Waals surface area contributed by atoms with Gasteiger partial charge in [0.25, 0.3) is 11.8 Å². The number of aromatic nitrogens is 1. The van der Waals surface area contributed by atoms with Gasteiger partial charge in [0.1, 0.15) is 5.57 Å². The number of carbonyl (C=O) groups is 2. The first kappa shape index (κ1) is 18.8. The maximum Gasteiger partial charge on any atom is 0.416 e. The molecule has 0 radical (unpaired) electrons. The Morgan fingerprint density at radius 1 is 1.00 bits per heavy atom. The molecule has 0 aliphatic carbocycles. The van der Waals surface area contributed by atoms with Crippen LogP contribution in [0.5, 0.6) is 0 Å². The molecule has 0 saturated carbocycles. The van der Waals surface area contributed by atoms with Gasteiger partial charge in [0, 0.05) is 31.7 Å². The van der Waals surface area contributed by atoms with E-state index in [1.165, 1.54) is 46.7 Å². The summed E-state index contributed by atoms with van der Waals surface area (Å²) in [4.78, 5) is 27.2. The van der Waals surface area contributed by atoms with E-state index in [4.69, 9.17) is 12.2 Å². The lowest BCUT2D eigenvalue weighted by Crippen LogP contribution is -2.52. The molecule has 1 aliphatic rings. The van der Waals surface area contributed by atoms with Crippen molar-refractivity contribution in [2.45, 2.75) is 6.18 Å². The van der Waals surface area contributed by atoms with Crippen molar-refractivity contribution >= 4 is 35.2 Å². The standard InChI is InChI=1S/C18H14F3N3O2S/c1-22-15(25)14(16(26)23(2)17(22)27)10-13-7-4-8-24(13)12-6-3-5-11(9-12)18(19,20)21/h3-10H,1-2H3. The zero-order valence-electron chi connectivity index (χ0n) is 14.3. The number of hydrogen-bond donors (Lipinski definition) is 0. The molecular formula is C18H14F3N3O2S. The smallest absolute Gasteiger partial charge is 0.317 e. The van der Waals surface area contributed by atoms with Crippen molar-refractivity contribution < 1.29 is 22.8 Å². The Balaban J connectivity index is 2.06. The zero-order chi connectivity index (χ0) is 19.9. The zero-order valence-corrected chi connectivity index (χ0v) is 15.1. The second-order valence-corrected chi connectivity index (χ2v) is 6.29. The maximum absolute atomic E-state index is 13.0. The number of benzene rings is 1. The molecule has 140 valence electrons. The lowest BCUT2D eigenvalue weighted by Gasteiger charge is -2.31. The summed E-state index contributed by atoms with van der Waals surface area (Å²) in [5.74, 6) is -1.14. The third-order valence-electron chi connectivity index (χ3n) is 4.17. The first-order chi connectivity index (χ1) is 12.6. The largest absolute Gasteiger partial charge is 0.416 e. The SMILES string of the molecule is CN1C(=O)C(=Cc2cccn2-c2cccc(C(F)(F)F)c2)C(=O)N(C)C1=S. The highest BCUT2D eigenvalue weighted by Crippen LogP contribution is 2.31. The number of likely N-dealkylation sites (N-methyl/N-ethyl adjacent to an activating group) is 2. The summed E-state index contributed by atoms with van der Waals surface area (Å²) >= 11 is 5.03. The minimum Gasteiger partial charge on any atom is -0.317 e. The normalized spacial score (nSPS) is 15.6. The lowest BCUT2D eigenvalue weighted by molar-refractivity contribution is -0.137. The van der Waals surface area contributed by atoms with E-state index in [1.807, 2.05) is 0 Å². The lowest BCUT2D eigenvalue weighted by atomic mass is 10.1. The highest BCUT2D eigenvalue weighted by Gasteiger charge is 2.35. The second kappa shape index (κ2) is 6.66. The van der Waals surface area contributed by atoms with Gasteiger partial charge in [-0.15, -0.1) is 0 Å². The van der Waals surface area contributed by atoms with Gasteiger partial charge in [0.15, 0.2) is 5.11 Å².